The number of hydrogen-bond acceptors (Lipinski definition) is 3. The zero-order valence-electron chi connectivity index (χ0n) is 12.8. The predicted molar refractivity (Wildman–Crippen MR) is 80.7 cm³/mol. The molecule has 0 aromatic carbocycles. The first-order valence-electron chi connectivity index (χ1n) is 7.60. The second-order valence-corrected chi connectivity index (χ2v) is 5.62. The Balaban J connectivity index is 1.77. The molecule has 0 aliphatic heterocycles. The van der Waals surface area contributed by atoms with Gasteiger partial charge in [-0.1, -0.05) is 25.4 Å². The molecule has 5 nitrogen and oxygen atoms in total. The van der Waals surface area contributed by atoms with Crippen LogP contribution in [0.25, 0.3) is 0 Å². The molecule has 0 radical (unpaired) electrons. The summed E-state index contributed by atoms with van der Waals surface area (Å²) >= 11 is 0. The molecule has 0 amide bonds. The Kier molecular flexibility index (Phi) is 5.04. The van der Waals surface area contributed by atoms with E-state index >= 15 is 0 Å². The second kappa shape index (κ2) is 6.77. The molecule has 0 atom stereocenters. The van der Waals surface area contributed by atoms with Crippen molar-refractivity contribution in [2.45, 2.75) is 52.5 Å². The highest BCUT2D eigenvalue weighted by molar-refractivity contribution is 5.79. The predicted octanol–water partition coefficient (Wildman–Crippen LogP) is 2.48. The summed E-state index contributed by atoms with van der Waals surface area (Å²) in [5, 5.41) is 10.7. The summed E-state index contributed by atoms with van der Waals surface area (Å²) in [5.41, 5.74) is 1.48. The van der Waals surface area contributed by atoms with Crippen molar-refractivity contribution in [2.75, 3.05) is 13.6 Å². The number of hydrogen-bond donors (Lipinski definition) is 2. The van der Waals surface area contributed by atoms with Gasteiger partial charge in [0.2, 0.25) is 0 Å². The van der Waals surface area contributed by atoms with Crippen molar-refractivity contribution in [1.82, 2.24) is 15.8 Å². The lowest BCUT2D eigenvalue weighted by atomic mass is 9.67. The van der Waals surface area contributed by atoms with Gasteiger partial charge in [0, 0.05) is 19.7 Å². The SMILES string of the molecule is CCc1cc(CNC(=NC)NCC2(CC)CCC2)on1. The number of aryl methyl sites for hydroxylation is 1. The lowest BCUT2D eigenvalue weighted by Gasteiger charge is -2.41. The van der Waals surface area contributed by atoms with Crippen LogP contribution in [0.4, 0.5) is 0 Å². The highest BCUT2D eigenvalue weighted by Crippen LogP contribution is 2.42. The standard InChI is InChI=1S/C15H26N4O/c1-4-12-9-13(20-19-12)10-17-14(16-3)18-11-15(5-2)7-6-8-15/h9H,4-8,10-11H2,1-3H3,(H2,16,17,18). The first-order chi connectivity index (χ1) is 9.71. The highest BCUT2D eigenvalue weighted by Gasteiger charge is 2.34. The zero-order chi connectivity index (χ0) is 14.4. The van der Waals surface area contributed by atoms with Crippen molar-refractivity contribution in [3.8, 4) is 0 Å². The van der Waals surface area contributed by atoms with Crippen LogP contribution in [-0.4, -0.2) is 24.7 Å². The molecular weight excluding hydrogens is 252 g/mol. The normalized spacial score (nSPS) is 17.6. The van der Waals surface area contributed by atoms with Crippen molar-refractivity contribution in [1.29, 1.82) is 0 Å². The summed E-state index contributed by atoms with van der Waals surface area (Å²) in [6, 6.07) is 1.99. The van der Waals surface area contributed by atoms with Crippen LogP contribution in [-0.2, 0) is 13.0 Å². The fraction of sp³-hybridized carbons (Fsp3) is 0.733. The first-order valence-corrected chi connectivity index (χ1v) is 7.60. The molecule has 0 unspecified atom stereocenters. The molecule has 5 heteroatoms. The number of aromatic nitrogens is 1. The lowest BCUT2D eigenvalue weighted by molar-refractivity contribution is 0.131. The molecule has 0 saturated heterocycles. The average Bonchev–Trinajstić information content (AvgIpc) is 2.89. The van der Waals surface area contributed by atoms with E-state index in [0.717, 1.165) is 30.4 Å². The third-order valence-electron chi connectivity index (χ3n) is 4.42. The van der Waals surface area contributed by atoms with E-state index in [1.807, 2.05) is 6.07 Å². The Morgan fingerprint density at radius 3 is 2.70 bits per heavy atom. The molecule has 1 aromatic heterocycles. The van der Waals surface area contributed by atoms with Crippen LogP contribution in [0, 0.1) is 5.41 Å². The lowest BCUT2D eigenvalue weighted by Crippen LogP contribution is -2.46. The molecule has 1 aromatic rings. The van der Waals surface area contributed by atoms with E-state index in [1.165, 1.54) is 25.7 Å². The third-order valence-corrected chi connectivity index (χ3v) is 4.42. The van der Waals surface area contributed by atoms with E-state index < -0.39 is 0 Å². The Hall–Kier alpha value is -1.52. The van der Waals surface area contributed by atoms with E-state index in [2.05, 4.69) is 34.6 Å². The minimum atomic E-state index is 0.485. The smallest absolute Gasteiger partial charge is 0.191 e. The molecule has 2 N–H and O–H groups in total. The molecule has 1 heterocycles. The van der Waals surface area contributed by atoms with Crippen LogP contribution >= 0.6 is 0 Å². The summed E-state index contributed by atoms with van der Waals surface area (Å²) in [6.45, 7) is 5.96. The van der Waals surface area contributed by atoms with E-state index in [-0.39, 0.29) is 0 Å². The van der Waals surface area contributed by atoms with E-state index in [9.17, 15) is 0 Å². The third kappa shape index (κ3) is 3.52. The van der Waals surface area contributed by atoms with Crippen molar-refractivity contribution < 1.29 is 4.52 Å². The van der Waals surface area contributed by atoms with Gasteiger partial charge in [-0.15, -0.1) is 0 Å². The second-order valence-electron chi connectivity index (χ2n) is 5.62. The number of nitrogens with one attached hydrogen (secondary N) is 2. The summed E-state index contributed by atoms with van der Waals surface area (Å²) in [7, 11) is 1.80. The Morgan fingerprint density at radius 2 is 2.20 bits per heavy atom. The summed E-state index contributed by atoms with van der Waals surface area (Å²) in [4.78, 5) is 4.26. The van der Waals surface area contributed by atoms with Gasteiger partial charge in [-0.25, -0.2) is 0 Å². The number of nitrogens with zero attached hydrogens (tertiary/aromatic N) is 2. The molecule has 0 spiro atoms. The number of rotatable bonds is 6. The quantitative estimate of drug-likeness (QED) is 0.620. The van der Waals surface area contributed by atoms with Crippen LogP contribution < -0.4 is 10.6 Å². The van der Waals surface area contributed by atoms with Crippen molar-refractivity contribution >= 4 is 5.96 Å². The molecule has 2 rings (SSSR count). The summed E-state index contributed by atoms with van der Waals surface area (Å²) in [6.07, 6.45) is 6.15. The molecule has 1 fully saturated rings. The average molecular weight is 278 g/mol. The minimum Gasteiger partial charge on any atom is -0.359 e. The minimum absolute atomic E-state index is 0.485. The van der Waals surface area contributed by atoms with Crippen molar-refractivity contribution in [2.24, 2.45) is 10.4 Å². The van der Waals surface area contributed by atoms with Gasteiger partial charge < -0.3 is 15.2 Å². The van der Waals surface area contributed by atoms with Gasteiger partial charge in [-0.2, -0.15) is 0 Å². The fourth-order valence-electron chi connectivity index (χ4n) is 2.60. The van der Waals surface area contributed by atoms with Gasteiger partial charge in [-0.05, 0) is 31.1 Å². The topological polar surface area (TPSA) is 62.5 Å². The van der Waals surface area contributed by atoms with Gasteiger partial charge in [-0.3, -0.25) is 4.99 Å². The van der Waals surface area contributed by atoms with Crippen LogP contribution in [0.15, 0.2) is 15.6 Å². The summed E-state index contributed by atoms with van der Waals surface area (Å²) < 4.78 is 5.25. The van der Waals surface area contributed by atoms with Crippen LogP contribution in [0.3, 0.4) is 0 Å². The van der Waals surface area contributed by atoms with E-state index in [0.29, 0.717) is 12.0 Å². The largest absolute Gasteiger partial charge is 0.359 e. The molecule has 1 saturated carbocycles. The molecular formula is C15H26N4O. The maximum absolute atomic E-state index is 5.25. The van der Waals surface area contributed by atoms with Gasteiger partial charge in [0.25, 0.3) is 0 Å². The van der Waals surface area contributed by atoms with Crippen molar-refractivity contribution in [3.63, 3.8) is 0 Å². The first kappa shape index (κ1) is 14.9. The Labute approximate surface area is 121 Å². The van der Waals surface area contributed by atoms with Crippen LogP contribution in [0.1, 0.15) is 51.0 Å². The molecule has 20 heavy (non-hydrogen) atoms. The molecule has 1 aliphatic rings. The van der Waals surface area contributed by atoms with Gasteiger partial charge in [0.15, 0.2) is 11.7 Å². The monoisotopic (exact) mass is 278 g/mol. The maximum atomic E-state index is 5.25. The number of aliphatic imine (C=N–C) groups is 1. The highest BCUT2D eigenvalue weighted by atomic mass is 16.5. The molecule has 0 bridgehead atoms. The van der Waals surface area contributed by atoms with Crippen molar-refractivity contribution in [3.05, 3.63) is 17.5 Å². The summed E-state index contributed by atoms with van der Waals surface area (Å²) in [5.74, 6) is 1.68. The molecule has 1 aliphatic carbocycles. The van der Waals surface area contributed by atoms with Crippen LogP contribution in [0.2, 0.25) is 0 Å². The van der Waals surface area contributed by atoms with Gasteiger partial charge >= 0.3 is 0 Å². The zero-order valence-corrected chi connectivity index (χ0v) is 12.8. The number of guanidine groups is 1. The van der Waals surface area contributed by atoms with E-state index in [4.69, 9.17) is 4.52 Å². The molecule has 112 valence electrons. The van der Waals surface area contributed by atoms with Crippen LogP contribution in [0.5, 0.6) is 0 Å². The van der Waals surface area contributed by atoms with E-state index in [1.54, 1.807) is 7.05 Å². The Bertz CT molecular complexity index is 443. The van der Waals surface area contributed by atoms with Gasteiger partial charge in [0.05, 0.1) is 12.2 Å². The Morgan fingerprint density at radius 1 is 1.40 bits per heavy atom. The fourth-order valence-corrected chi connectivity index (χ4v) is 2.60. The maximum Gasteiger partial charge on any atom is 0.191 e. The van der Waals surface area contributed by atoms with Gasteiger partial charge in [0.1, 0.15) is 0 Å².